The maximum Gasteiger partial charge on any atom is 0.0725 e. The van der Waals surface area contributed by atoms with Crippen LogP contribution in [-0.2, 0) is 25.6 Å². The molecule has 2 aliphatic carbocycles. The first-order chi connectivity index (χ1) is 31.5. The number of nitrogens with zero attached hydrogens (tertiary/aromatic N) is 3. The van der Waals surface area contributed by atoms with Gasteiger partial charge in [-0.2, -0.15) is 0 Å². The number of anilines is 2. The molecule has 3 nitrogen and oxygen atoms in total. The van der Waals surface area contributed by atoms with Crippen molar-refractivity contribution in [1.29, 1.82) is 0 Å². The first-order valence-corrected chi connectivity index (χ1v) is 22.4. The molecule has 0 amide bonds. The Morgan fingerprint density at radius 1 is 0.500 bits per heavy atom. The fourth-order valence-corrected chi connectivity index (χ4v) is 10.9. The van der Waals surface area contributed by atoms with E-state index in [-0.39, 0.29) is 0 Å². The van der Waals surface area contributed by atoms with E-state index in [1.165, 1.54) is 106 Å². The van der Waals surface area contributed by atoms with Crippen molar-refractivity contribution < 1.29 is 0 Å². The summed E-state index contributed by atoms with van der Waals surface area (Å²) in [6.07, 6.45) is 0. The first-order valence-electron chi connectivity index (χ1n) is 22.4. The highest BCUT2D eigenvalue weighted by Crippen LogP contribution is 2.63. The first kappa shape index (κ1) is 38.0. The summed E-state index contributed by atoms with van der Waals surface area (Å²) in [5, 5.41) is 2.56. The minimum atomic E-state index is -0.471. The predicted octanol–water partition coefficient (Wildman–Crippen LogP) is 15.0. The molecule has 306 valence electrons. The molecule has 0 bridgehead atoms. The summed E-state index contributed by atoms with van der Waals surface area (Å²) in [4.78, 5) is 7.70. The van der Waals surface area contributed by atoms with Crippen molar-refractivity contribution in [2.75, 3.05) is 4.90 Å². The molecule has 12 rings (SSSR count). The van der Waals surface area contributed by atoms with Crippen molar-refractivity contribution in [3.8, 4) is 33.4 Å². The van der Waals surface area contributed by atoms with Crippen LogP contribution in [0.15, 0.2) is 211 Å². The van der Waals surface area contributed by atoms with Crippen LogP contribution in [0.4, 0.5) is 11.4 Å². The SMILES string of the molecule is C/C(=N\Cc1ccc2c(c1)c1ccccc1n2C)c1ccc2c(c1)C1(c3ccccc3-2)c2ccccc2-c2ccc(-c3ccc(N(Cc4ccccc4)c4ccccc4C)cc3)cc21. The van der Waals surface area contributed by atoms with Gasteiger partial charge in [-0.25, -0.2) is 0 Å². The monoisotopic (exact) mass is 821 g/mol. The van der Waals surface area contributed by atoms with Gasteiger partial charge in [0.25, 0.3) is 0 Å². The average molecular weight is 822 g/mol. The molecule has 0 radical (unpaired) electrons. The van der Waals surface area contributed by atoms with E-state index in [1.54, 1.807) is 0 Å². The molecule has 1 unspecified atom stereocenters. The van der Waals surface area contributed by atoms with Gasteiger partial charge in [-0.3, -0.25) is 4.99 Å². The van der Waals surface area contributed by atoms with Gasteiger partial charge in [0.15, 0.2) is 0 Å². The zero-order valence-electron chi connectivity index (χ0n) is 36.4. The zero-order chi connectivity index (χ0) is 42.9. The van der Waals surface area contributed by atoms with Crippen LogP contribution >= 0.6 is 0 Å². The van der Waals surface area contributed by atoms with Gasteiger partial charge in [-0.15, -0.1) is 0 Å². The van der Waals surface area contributed by atoms with Crippen molar-refractivity contribution >= 4 is 38.9 Å². The Morgan fingerprint density at radius 2 is 1.11 bits per heavy atom. The summed E-state index contributed by atoms with van der Waals surface area (Å²) in [5.41, 5.74) is 23.3. The molecule has 0 fully saturated rings. The number of para-hydroxylation sites is 2. The smallest absolute Gasteiger partial charge is 0.0725 e. The molecule has 9 aromatic carbocycles. The van der Waals surface area contributed by atoms with Crippen LogP contribution in [0.2, 0.25) is 0 Å². The molecule has 10 aromatic rings. The lowest BCUT2D eigenvalue weighted by Gasteiger charge is -2.31. The van der Waals surface area contributed by atoms with Crippen LogP contribution in [-0.4, -0.2) is 10.3 Å². The van der Waals surface area contributed by atoms with Gasteiger partial charge in [0.05, 0.1) is 12.0 Å². The largest absolute Gasteiger partial charge is 0.344 e. The minimum Gasteiger partial charge on any atom is -0.344 e. The predicted molar refractivity (Wildman–Crippen MR) is 268 cm³/mol. The number of rotatable bonds is 8. The molecule has 1 heterocycles. The van der Waals surface area contributed by atoms with E-state index in [4.69, 9.17) is 4.99 Å². The molecule has 2 aliphatic rings. The van der Waals surface area contributed by atoms with Crippen molar-refractivity contribution in [1.82, 2.24) is 4.57 Å². The van der Waals surface area contributed by atoms with Gasteiger partial charge in [0.1, 0.15) is 0 Å². The summed E-state index contributed by atoms with van der Waals surface area (Å²) < 4.78 is 2.29. The summed E-state index contributed by atoms with van der Waals surface area (Å²) in [5.74, 6) is 0. The van der Waals surface area contributed by atoms with E-state index in [9.17, 15) is 0 Å². The Morgan fingerprint density at radius 3 is 1.88 bits per heavy atom. The third kappa shape index (κ3) is 5.84. The number of hydrogen-bond donors (Lipinski definition) is 0. The molecule has 1 spiro atoms. The second-order valence-corrected chi connectivity index (χ2v) is 17.6. The quantitative estimate of drug-likeness (QED) is 0.140. The molecule has 0 saturated carbocycles. The summed E-state index contributed by atoms with van der Waals surface area (Å²) >= 11 is 0. The Kier molecular flexibility index (Phi) is 8.88. The number of fused-ring (bicyclic) bond motifs is 13. The highest BCUT2D eigenvalue weighted by molar-refractivity contribution is 6.08. The fourth-order valence-electron chi connectivity index (χ4n) is 10.9. The van der Waals surface area contributed by atoms with E-state index in [0.29, 0.717) is 6.54 Å². The number of aryl methyl sites for hydroxylation is 2. The molecule has 1 atom stereocenters. The summed E-state index contributed by atoms with van der Waals surface area (Å²) in [7, 11) is 2.15. The van der Waals surface area contributed by atoms with Crippen LogP contribution in [0, 0.1) is 6.92 Å². The highest BCUT2D eigenvalue weighted by atomic mass is 15.1. The summed E-state index contributed by atoms with van der Waals surface area (Å²) in [6, 6.07) is 76.5. The second-order valence-electron chi connectivity index (χ2n) is 17.6. The number of hydrogen-bond acceptors (Lipinski definition) is 2. The molecule has 0 N–H and O–H groups in total. The third-order valence-corrected chi connectivity index (χ3v) is 14.1. The Hall–Kier alpha value is -7.75. The standard InChI is InChI=1S/C61H47N3/c1-40-15-7-13-23-58(40)64(39-42-16-5-4-6-17-42)47-30-26-44(27-31-47)46-29-33-51-49-19-9-12-22-55(49)61(57(51)37-46)54-21-11-8-18-48(54)50-32-28-45(36-56(50)61)41(2)62-38-43-25-34-60-53(35-43)52-20-10-14-24-59(52)63(60)3/h4-37H,38-39H2,1-3H3/b62-41+. The topological polar surface area (TPSA) is 20.5 Å². The Bertz CT molecular complexity index is 3470. The molecule has 64 heavy (non-hydrogen) atoms. The van der Waals surface area contributed by atoms with E-state index >= 15 is 0 Å². The molecule has 1 aromatic heterocycles. The number of aliphatic imine (C=N–C) groups is 1. The van der Waals surface area contributed by atoms with Gasteiger partial charge in [0.2, 0.25) is 0 Å². The minimum absolute atomic E-state index is 0.471. The average Bonchev–Trinajstić information content (AvgIpc) is 3.93. The Labute approximate surface area is 375 Å². The third-order valence-electron chi connectivity index (χ3n) is 14.1. The molecule has 0 aliphatic heterocycles. The van der Waals surface area contributed by atoms with E-state index in [1.807, 2.05) is 0 Å². The van der Waals surface area contributed by atoms with Crippen LogP contribution < -0.4 is 4.90 Å². The second kappa shape index (κ2) is 15.0. The zero-order valence-corrected chi connectivity index (χ0v) is 36.4. The number of benzene rings is 9. The molecule has 0 saturated heterocycles. The van der Waals surface area contributed by atoms with Gasteiger partial charge in [-0.1, -0.05) is 158 Å². The lowest BCUT2D eigenvalue weighted by molar-refractivity contribution is 0.793. The molecule has 3 heteroatoms. The van der Waals surface area contributed by atoms with Gasteiger partial charge in [0, 0.05) is 52.5 Å². The lowest BCUT2D eigenvalue weighted by atomic mass is 9.70. The molecular formula is C61H47N3. The van der Waals surface area contributed by atoms with Gasteiger partial charge < -0.3 is 9.47 Å². The van der Waals surface area contributed by atoms with E-state index in [0.717, 1.165) is 17.8 Å². The maximum atomic E-state index is 5.26. The normalized spacial score (nSPS) is 14.8. The van der Waals surface area contributed by atoms with Crippen molar-refractivity contribution in [3.05, 3.63) is 251 Å². The van der Waals surface area contributed by atoms with Crippen molar-refractivity contribution in [2.24, 2.45) is 12.0 Å². The Balaban J connectivity index is 0.947. The maximum absolute atomic E-state index is 5.26. The highest BCUT2D eigenvalue weighted by Gasteiger charge is 2.51. The van der Waals surface area contributed by atoms with Crippen LogP contribution in [0.3, 0.4) is 0 Å². The van der Waals surface area contributed by atoms with Crippen LogP contribution in [0.25, 0.3) is 55.2 Å². The van der Waals surface area contributed by atoms with Crippen LogP contribution in [0.5, 0.6) is 0 Å². The van der Waals surface area contributed by atoms with Crippen molar-refractivity contribution in [2.45, 2.75) is 32.4 Å². The lowest BCUT2D eigenvalue weighted by Crippen LogP contribution is -2.26. The van der Waals surface area contributed by atoms with Gasteiger partial charge >= 0.3 is 0 Å². The number of aromatic nitrogens is 1. The van der Waals surface area contributed by atoms with Crippen molar-refractivity contribution in [3.63, 3.8) is 0 Å². The van der Waals surface area contributed by atoms with E-state index in [2.05, 4.69) is 237 Å². The fraction of sp³-hybridized carbons (Fsp3) is 0.0984. The van der Waals surface area contributed by atoms with E-state index < -0.39 is 5.41 Å². The van der Waals surface area contributed by atoms with Crippen LogP contribution in [0.1, 0.15) is 51.4 Å². The molecular weight excluding hydrogens is 775 g/mol. The summed E-state index contributed by atoms with van der Waals surface area (Å²) in [6.45, 7) is 5.78. The van der Waals surface area contributed by atoms with Gasteiger partial charge in [-0.05, 0) is 140 Å².